The van der Waals surface area contributed by atoms with E-state index in [0.717, 1.165) is 42.4 Å². The van der Waals surface area contributed by atoms with Crippen molar-refractivity contribution < 1.29 is 9.90 Å². The van der Waals surface area contributed by atoms with Crippen molar-refractivity contribution in [3.8, 4) is 11.3 Å². The van der Waals surface area contributed by atoms with Crippen molar-refractivity contribution in [2.45, 2.75) is 25.8 Å². The second-order valence-electron chi connectivity index (χ2n) is 10.1. The SMILES string of the molecule is CC(=O)O.CN(C)C1CCN(c2ccc(-c3cc4c(Nc5ccccc5P(C)C)ccnc4[nH]3)cc2)CC1. The van der Waals surface area contributed by atoms with E-state index in [-0.39, 0.29) is 7.92 Å². The van der Waals surface area contributed by atoms with E-state index in [1.54, 1.807) is 0 Å². The van der Waals surface area contributed by atoms with Crippen LogP contribution in [-0.2, 0) is 4.79 Å². The normalized spacial score (nSPS) is 14.0. The van der Waals surface area contributed by atoms with E-state index in [2.05, 4.69) is 113 Å². The highest BCUT2D eigenvalue weighted by molar-refractivity contribution is 7.64. The summed E-state index contributed by atoms with van der Waals surface area (Å²) in [6.07, 6.45) is 4.31. The van der Waals surface area contributed by atoms with Gasteiger partial charge >= 0.3 is 0 Å². The van der Waals surface area contributed by atoms with Gasteiger partial charge in [0.15, 0.2) is 0 Å². The van der Waals surface area contributed by atoms with Crippen molar-refractivity contribution in [2.24, 2.45) is 0 Å². The maximum absolute atomic E-state index is 9.00. The first kappa shape index (κ1) is 27.6. The number of para-hydroxylation sites is 1. The van der Waals surface area contributed by atoms with Gasteiger partial charge in [-0.2, -0.15) is 0 Å². The number of aromatic amines is 1. The average Bonchev–Trinajstić information content (AvgIpc) is 3.34. The molecule has 1 aliphatic heterocycles. The third-order valence-electron chi connectivity index (χ3n) is 6.93. The van der Waals surface area contributed by atoms with Gasteiger partial charge in [-0.15, -0.1) is 0 Å². The van der Waals surface area contributed by atoms with Gasteiger partial charge in [-0.25, -0.2) is 4.98 Å². The fourth-order valence-electron chi connectivity index (χ4n) is 4.90. The van der Waals surface area contributed by atoms with Gasteiger partial charge < -0.3 is 25.2 Å². The first-order valence-corrected chi connectivity index (χ1v) is 15.2. The number of fused-ring (bicyclic) bond motifs is 1. The number of nitrogens with zero attached hydrogens (tertiary/aromatic N) is 3. The molecule has 3 N–H and O–H groups in total. The van der Waals surface area contributed by atoms with Crippen molar-refractivity contribution in [1.82, 2.24) is 14.9 Å². The summed E-state index contributed by atoms with van der Waals surface area (Å²) in [4.78, 5) is 22.0. The van der Waals surface area contributed by atoms with Crippen LogP contribution in [0.1, 0.15) is 19.8 Å². The van der Waals surface area contributed by atoms with Crippen molar-refractivity contribution in [1.29, 1.82) is 0 Å². The average molecular weight is 532 g/mol. The summed E-state index contributed by atoms with van der Waals surface area (Å²) < 4.78 is 0. The molecule has 2 aromatic carbocycles. The van der Waals surface area contributed by atoms with E-state index >= 15 is 0 Å². The van der Waals surface area contributed by atoms with E-state index < -0.39 is 5.97 Å². The summed E-state index contributed by atoms with van der Waals surface area (Å²) in [7, 11) is 4.19. The monoisotopic (exact) mass is 531 g/mol. The minimum absolute atomic E-state index is 0.194. The lowest BCUT2D eigenvalue weighted by Crippen LogP contribution is -2.41. The summed E-state index contributed by atoms with van der Waals surface area (Å²) in [5.41, 5.74) is 6.75. The highest BCUT2D eigenvalue weighted by atomic mass is 31.1. The molecule has 0 bridgehead atoms. The number of hydrogen-bond donors (Lipinski definition) is 3. The lowest BCUT2D eigenvalue weighted by Gasteiger charge is -2.36. The molecule has 0 aliphatic carbocycles. The maximum Gasteiger partial charge on any atom is 0.300 e. The Hall–Kier alpha value is -3.41. The lowest BCUT2D eigenvalue weighted by atomic mass is 10.0. The van der Waals surface area contributed by atoms with Gasteiger partial charge in [0, 0.05) is 54.7 Å². The molecule has 5 rings (SSSR count). The molecule has 7 nitrogen and oxygen atoms in total. The molecular weight excluding hydrogens is 493 g/mol. The molecule has 38 heavy (non-hydrogen) atoms. The molecule has 8 heteroatoms. The fraction of sp³-hybridized carbons (Fsp3) is 0.333. The quantitative estimate of drug-likeness (QED) is 0.266. The summed E-state index contributed by atoms with van der Waals surface area (Å²) in [6.45, 7) is 7.90. The standard InChI is InChI=1S/C28H34N5P.C2H4O2/c1-32(2)21-14-17-33(18-15-21)22-11-9-20(10-12-22)26-19-23-24(13-16-29-28(23)31-26)30-25-7-5-6-8-27(25)34(3)4;1-2(3)4/h5-13,16,19,21H,14-15,17-18H2,1-4H3,(H2,29,30,31);1H3,(H,3,4). The molecule has 1 aliphatic rings. The second kappa shape index (κ2) is 12.4. The Morgan fingerprint density at radius 2 is 1.71 bits per heavy atom. The molecule has 0 spiro atoms. The second-order valence-corrected chi connectivity index (χ2v) is 12.4. The zero-order valence-corrected chi connectivity index (χ0v) is 23.8. The van der Waals surface area contributed by atoms with Crippen LogP contribution in [0.15, 0.2) is 66.9 Å². The third kappa shape index (κ3) is 6.72. The van der Waals surface area contributed by atoms with Crippen LogP contribution in [0.5, 0.6) is 0 Å². The van der Waals surface area contributed by atoms with E-state index in [1.165, 1.54) is 35.1 Å². The number of carboxylic acid groups (broad SMARTS) is 1. The van der Waals surface area contributed by atoms with E-state index in [9.17, 15) is 0 Å². The largest absolute Gasteiger partial charge is 0.481 e. The zero-order chi connectivity index (χ0) is 27.2. The van der Waals surface area contributed by atoms with Crippen molar-refractivity contribution in [3.63, 3.8) is 0 Å². The minimum Gasteiger partial charge on any atom is -0.481 e. The molecule has 4 aromatic rings. The molecule has 200 valence electrons. The molecular formula is C30H38N5O2P. The molecule has 1 saturated heterocycles. The number of piperidine rings is 1. The van der Waals surface area contributed by atoms with Crippen molar-refractivity contribution >= 4 is 47.3 Å². The summed E-state index contributed by atoms with van der Waals surface area (Å²) >= 11 is 0. The van der Waals surface area contributed by atoms with Gasteiger partial charge in [0.05, 0.1) is 5.69 Å². The Balaban J connectivity index is 0.000000786. The Morgan fingerprint density at radius 3 is 2.34 bits per heavy atom. The van der Waals surface area contributed by atoms with Crippen LogP contribution in [0.3, 0.4) is 0 Å². The van der Waals surface area contributed by atoms with Gasteiger partial charge in [0.2, 0.25) is 0 Å². The van der Waals surface area contributed by atoms with Crippen LogP contribution < -0.4 is 15.5 Å². The van der Waals surface area contributed by atoms with E-state index in [0.29, 0.717) is 6.04 Å². The lowest BCUT2D eigenvalue weighted by molar-refractivity contribution is -0.134. The van der Waals surface area contributed by atoms with Crippen LogP contribution in [-0.4, -0.2) is 72.5 Å². The van der Waals surface area contributed by atoms with E-state index in [4.69, 9.17) is 9.90 Å². The smallest absolute Gasteiger partial charge is 0.300 e. The minimum atomic E-state index is -0.833. The number of anilines is 3. The predicted octanol–water partition coefficient (Wildman–Crippen LogP) is 5.96. The summed E-state index contributed by atoms with van der Waals surface area (Å²) in [6, 6.07) is 22.5. The molecule has 0 saturated carbocycles. The third-order valence-corrected chi connectivity index (χ3v) is 8.28. The van der Waals surface area contributed by atoms with Crippen LogP contribution in [0.25, 0.3) is 22.3 Å². The van der Waals surface area contributed by atoms with Crippen LogP contribution in [0.2, 0.25) is 0 Å². The van der Waals surface area contributed by atoms with Gasteiger partial charge in [-0.1, -0.05) is 38.3 Å². The van der Waals surface area contributed by atoms with Gasteiger partial charge in [-0.05, 0) is 81.5 Å². The fourth-order valence-corrected chi connectivity index (χ4v) is 5.89. The predicted molar refractivity (Wildman–Crippen MR) is 162 cm³/mol. The number of hydrogen-bond acceptors (Lipinski definition) is 5. The summed E-state index contributed by atoms with van der Waals surface area (Å²) in [5, 5.41) is 13.6. The molecule has 1 fully saturated rings. The first-order chi connectivity index (χ1) is 18.2. The number of carbonyl (C=O) groups is 1. The number of carboxylic acids is 1. The molecule has 3 heterocycles. The van der Waals surface area contributed by atoms with E-state index in [1.807, 2.05) is 6.20 Å². The Bertz CT molecular complexity index is 1350. The van der Waals surface area contributed by atoms with Crippen LogP contribution >= 0.6 is 7.92 Å². The topological polar surface area (TPSA) is 84.5 Å². The molecule has 0 atom stereocenters. The number of nitrogens with one attached hydrogen (secondary N) is 2. The highest BCUT2D eigenvalue weighted by Crippen LogP contribution is 2.33. The number of rotatable bonds is 6. The van der Waals surface area contributed by atoms with Crippen LogP contribution in [0, 0.1) is 0 Å². The Kier molecular flexibility index (Phi) is 9.03. The summed E-state index contributed by atoms with van der Waals surface area (Å²) in [5.74, 6) is -0.833. The number of benzene rings is 2. The van der Waals surface area contributed by atoms with Gasteiger partial charge in [0.25, 0.3) is 5.97 Å². The molecule has 0 amide bonds. The van der Waals surface area contributed by atoms with Crippen molar-refractivity contribution in [3.05, 3.63) is 66.9 Å². The number of pyridine rings is 1. The maximum atomic E-state index is 9.00. The molecule has 0 radical (unpaired) electrons. The Morgan fingerprint density at radius 1 is 1.05 bits per heavy atom. The van der Waals surface area contributed by atoms with Gasteiger partial charge in [0.1, 0.15) is 5.65 Å². The molecule has 0 unspecified atom stereocenters. The van der Waals surface area contributed by atoms with Crippen molar-refractivity contribution in [2.75, 3.05) is 50.7 Å². The number of aliphatic carboxylic acids is 1. The zero-order valence-electron chi connectivity index (χ0n) is 22.9. The number of H-pyrrole nitrogens is 1. The van der Waals surface area contributed by atoms with Gasteiger partial charge in [-0.3, -0.25) is 4.79 Å². The number of aromatic nitrogens is 2. The molecule has 2 aromatic heterocycles. The Labute approximate surface area is 226 Å². The first-order valence-electron chi connectivity index (χ1n) is 13.0. The van der Waals surface area contributed by atoms with Crippen LogP contribution in [0.4, 0.5) is 17.1 Å². The highest BCUT2D eigenvalue weighted by Gasteiger charge is 2.20.